The number of methoxy groups -OCH3 is 1. The molecule has 0 saturated heterocycles. The van der Waals surface area contributed by atoms with Gasteiger partial charge in [-0.2, -0.15) is 0 Å². The highest BCUT2D eigenvalue weighted by atomic mass is 16.6. The van der Waals surface area contributed by atoms with E-state index in [2.05, 4.69) is 17.0 Å². The first-order chi connectivity index (χ1) is 8.02. The van der Waals surface area contributed by atoms with E-state index in [0.717, 1.165) is 38.3 Å². The van der Waals surface area contributed by atoms with Crippen molar-refractivity contribution in [2.45, 2.75) is 26.7 Å². The zero-order valence-electron chi connectivity index (χ0n) is 10.4. The zero-order chi connectivity index (χ0) is 13.3. The molecule has 0 aromatic carbocycles. The molecule has 6 nitrogen and oxygen atoms in total. The molecule has 0 aromatic rings. The van der Waals surface area contributed by atoms with Gasteiger partial charge in [0.1, 0.15) is 0 Å². The van der Waals surface area contributed by atoms with Crippen LogP contribution in [0.15, 0.2) is 23.5 Å². The van der Waals surface area contributed by atoms with Crippen molar-refractivity contribution < 1.29 is 14.5 Å². The van der Waals surface area contributed by atoms with Gasteiger partial charge in [0.15, 0.2) is 0 Å². The van der Waals surface area contributed by atoms with E-state index in [-0.39, 0.29) is 0 Å². The fourth-order valence-electron chi connectivity index (χ4n) is 1.03. The average molecular weight is 242 g/mol. The van der Waals surface area contributed by atoms with E-state index in [4.69, 9.17) is 0 Å². The molecule has 0 unspecified atom stereocenters. The van der Waals surface area contributed by atoms with Crippen molar-refractivity contribution in [1.29, 1.82) is 0 Å². The van der Waals surface area contributed by atoms with Crippen molar-refractivity contribution in [2.24, 2.45) is 0 Å². The predicted octanol–water partition coefficient (Wildman–Crippen LogP) is 1.61. The number of ether oxygens (including phenoxy) is 1. The van der Waals surface area contributed by atoms with E-state index in [0.29, 0.717) is 0 Å². The maximum Gasteiger partial charge on any atom is 0.409 e. The second-order valence-electron chi connectivity index (χ2n) is 3.43. The molecule has 0 aromatic heterocycles. The SMILES string of the molecule is CCCCN/C(C)=C/C=C(/C(=O)OC)[N+](=O)[O-]. The Morgan fingerprint density at radius 3 is 2.59 bits per heavy atom. The minimum atomic E-state index is -0.951. The Balaban J connectivity index is 4.56. The number of allylic oxidation sites excluding steroid dienone is 3. The summed E-state index contributed by atoms with van der Waals surface area (Å²) in [5, 5.41) is 13.6. The van der Waals surface area contributed by atoms with Crippen LogP contribution in [0.3, 0.4) is 0 Å². The van der Waals surface area contributed by atoms with Crippen LogP contribution in [0.25, 0.3) is 0 Å². The van der Waals surface area contributed by atoms with Crippen molar-refractivity contribution in [2.75, 3.05) is 13.7 Å². The molecule has 96 valence electrons. The third kappa shape index (κ3) is 6.34. The Morgan fingerprint density at radius 1 is 1.47 bits per heavy atom. The quantitative estimate of drug-likeness (QED) is 0.183. The molecule has 0 atom stereocenters. The second-order valence-corrected chi connectivity index (χ2v) is 3.43. The third-order valence-electron chi connectivity index (χ3n) is 2.02. The minimum Gasteiger partial charge on any atom is -0.461 e. The van der Waals surface area contributed by atoms with Gasteiger partial charge in [0, 0.05) is 18.3 Å². The van der Waals surface area contributed by atoms with Gasteiger partial charge in [-0.15, -0.1) is 0 Å². The normalized spacial score (nSPS) is 12.2. The lowest BCUT2D eigenvalue weighted by Gasteiger charge is -2.03. The Morgan fingerprint density at radius 2 is 2.12 bits per heavy atom. The van der Waals surface area contributed by atoms with Crippen molar-refractivity contribution in [3.63, 3.8) is 0 Å². The van der Waals surface area contributed by atoms with Crippen LogP contribution in [0.5, 0.6) is 0 Å². The molecule has 0 amide bonds. The standard InChI is InChI=1S/C11H18N2O4/c1-4-5-8-12-9(2)6-7-10(13(15)16)11(14)17-3/h6-7,12H,4-5,8H2,1-3H3/b9-6+,10-7-. The van der Waals surface area contributed by atoms with Gasteiger partial charge in [-0.05, 0) is 19.4 Å². The highest BCUT2D eigenvalue weighted by Crippen LogP contribution is 2.00. The molecule has 1 N–H and O–H groups in total. The largest absolute Gasteiger partial charge is 0.461 e. The summed E-state index contributed by atoms with van der Waals surface area (Å²) >= 11 is 0. The Labute approximate surface area is 100 Å². The topological polar surface area (TPSA) is 81.5 Å². The fraction of sp³-hybridized carbons (Fsp3) is 0.545. The van der Waals surface area contributed by atoms with Crippen LogP contribution in [-0.4, -0.2) is 24.5 Å². The maximum absolute atomic E-state index is 11.0. The van der Waals surface area contributed by atoms with Gasteiger partial charge in [0.2, 0.25) is 0 Å². The summed E-state index contributed by atoms with van der Waals surface area (Å²) in [5.74, 6) is -0.951. The van der Waals surface area contributed by atoms with Crippen LogP contribution in [0.2, 0.25) is 0 Å². The van der Waals surface area contributed by atoms with E-state index in [9.17, 15) is 14.9 Å². The van der Waals surface area contributed by atoms with Crippen LogP contribution in [-0.2, 0) is 9.53 Å². The molecule has 0 rings (SSSR count). The first-order valence-electron chi connectivity index (χ1n) is 5.38. The summed E-state index contributed by atoms with van der Waals surface area (Å²) in [7, 11) is 1.11. The van der Waals surface area contributed by atoms with Gasteiger partial charge in [-0.3, -0.25) is 10.1 Å². The number of nitro groups is 1. The zero-order valence-corrected chi connectivity index (χ0v) is 10.4. The monoisotopic (exact) mass is 242 g/mol. The molecular formula is C11H18N2O4. The summed E-state index contributed by atoms with van der Waals surface area (Å²) in [6.45, 7) is 4.66. The Bertz CT molecular complexity index is 334. The van der Waals surface area contributed by atoms with Gasteiger partial charge >= 0.3 is 11.7 Å². The molecule has 17 heavy (non-hydrogen) atoms. The minimum absolute atomic E-state index is 0.579. The number of nitrogens with zero attached hydrogens (tertiary/aromatic N) is 1. The number of unbranched alkanes of at least 4 members (excludes halogenated alkanes) is 1. The van der Waals surface area contributed by atoms with Crippen molar-refractivity contribution in [3.8, 4) is 0 Å². The molecule has 0 bridgehead atoms. The summed E-state index contributed by atoms with van der Waals surface area (Å²) in [5.41, 5.74) is 0.186. The molecular weight excluding hydrogens is 224 g/mol. The van der Waals surface area contributed by atoms with Gasteiger partial charge in [0.25, 0.3) is 0 Å². The molecule has 0 aliphatic heterocycles. The number of esters is 1. The summed E-state index contributed by atoms with van der Waals surface area (Å²) in [6, 6.07) is 0. The molecule has 0 saturated carbocycles. The molecule has 0 aliphatic rings. The van der Waals surface area contributed by atoms with Crippen LogP contribution in [0.1, 0.15) is 26.7 Å². The van der Waals surface area contributed by atoms with Crippen LogP contribution in [0.4, 0.5) is 0 Å². The smallest absolute Gasteiger partial charge is 0.409 e. The van der Waals surface area contributed by atoms with E-state index >= 15 is 0 Å². The lowest BCUT2D eigenvalue weighted by Crippen LogP contribution is -2.14. The van der Waals surface area contributed by atoms with Gasteiger partial charge in [0.05, 0.1) is 12.0 Å². The lowest BCUT2D eigenvalue weighted by molar-refractivity contribution is -0.421. The number of carbonyl (C=O) groups excluding carboxylic acids is 1. The molecule has 6 heteroatoms. The summed E-state index contributed by atoms with van der Waals surface area (Å²) in [6.07, 6.45) is 4.72. The Kier molecular flexibility index (Phi) is 7.41. The average Bonchev–Trinajstić information content (AvgIpc) is 2.28. The third-order valence-corrected chi connectivity index (χ3v) is 2.02. The van der Waals surface area contributed by atoms with E-state index in [1.165, 1.54) is 6.08 Å². The molecule has 0 spiro atoms. The number of rotatable bonds is 7. The number of carbonyl (C=O) groups is 1. The number of nitrogens with one attached hydrogen (secondary N) is 1. The number of hydrogen-bond acceptors (Lipinski definition) is 5. The van der Waals surface area contributed by atoms with E-state index < -0.39 is 16.6 Å². The van der Waals surface area contributed by atoms with Gasteiger partial charge in [-0.25, -0.2) is 4.79 Å². The highest BCUT2D eigenvalue weighted by molar-refractivity contribution is 5.85. The first-order valence-corrected chi connectivity index (χ1v) is 5.38. The van der Waals surface area contributed by atoms with Crippen molar-refractivity contribution in [3.05, 3.63) is 33.7 Å². The van der Waals surface area contributed by atoms with Crippen molar-refractivity contribution in [1.82, 2.24) is 5.32 Å². The highest BCUT2D eigenvalue weighted by Gasteiger charge is 2.21. The van der Waals surface area contributed by atoms with Gasteiger partial charge < -0.3 is 10.1 Å². The van der Waals surface area contributed by atoms with Crippen molar-refractivity contribution >= 4 is 5.97 Å². The van der Waals surface area contributed by atoms with Crippen LogP contribution >= 0.6 is 0 Å². The summed E-state index contributed by atoms with van der Waals surface area (Å²) < 4.78 is 4.31. The number of hydrogen-bond donors (Lipinski definition) is 1. The molecule has 0 radical (unpaired) electrons. The van der Waals surface area contributed by atoms with E-state index in [1.807, 2.05) is 0 Å². The second kappa shape index (κ2) is 8.32. The van der Waals surface area contributed by atoms with Gasteiger partial charge in [-0.1, -0.05) is 13.3 Å². The molecule has 0 fully saturated rings. The molecule has 0 aliphatic carbocycles. The van der Waals surface area contributed by atoms with Crippen LogP contribution in [0, 0.1) is 10.1 Å². The maximum atomic E-state index is 11.0. The lowest BCUT2D eigenvalue weighted by atomic mass is 10.3. The first kappa shape index (κ1) is 15.2. The van der Waals surface area contributed by atoms with Crippen LogP contribution < -0.4 is 5.32 Å². The van der Waals surface area contributed by atoms with E-state index in [1.54, 1.807) is 6.92 Å². The molecule has 0 heterocycles. The fourth-order valence-corrected chi connectivity index (χ4v) is 1.03. The Hall–Kier alpha value is -1.85. The predicted molar refractivity (Wildman–Crippen MR) is 63.8 cm³/mol. The summed E-state index contributed by atoms with van der Waals surface area (Å²) in [4.78, 5) is 20.8.